The number of rotatable bonds is 3. The van der Waals surface area contributed by atoms with E-state index >= 15 is 0 Å². The number of carbonyl (C=O) groups is 1. The predicted octanol–water partition coefficient (Wildman–Crippen LogP) is 1.77. The van der Waals surface area contributed by atoms with E-state index in [2.05, 4.69) is 4.74 Å². The number of esters is 1. The number of aliphatic hydroxyl groups excluding tert-OH is 1. The lowest BCUT2D eigenvalue weighted by Crippen LogP contribution is -2.08. The molecule has 0 aliphatic carbocycles. The van der Waals surface area contributed by atoms with Crippen LogP contribution in [0.2, 0.25) is 0 Å². The summed E-state index contributed by atoms with van der Waals surface area (Å²) in [6.07, 6.45) is 1.12. The Labute approximate surface area is 99.4 Å². The van der Waals surface area contributed by atoms with Crippen LogP contribution >= 0.6 is 0 Å². The van der Waals surface area contributed by atoms with Gasteiger partial charge in [0.1, 0.15) is 0 Å². The molecule has 1 aromatic heterocycles. The lowest BCUT2D eigenvalue weighted by Gasteiger charge is -2.10. The number of nitrogens with zero attached hydrogens (tertiary/aromatic N) is 1. The van der Waals surface area contributed by atoms with E-state index in [9.17, 15) is 9.90 Å². The van der Waals surface area contributed by atoms with E-state index in [1.807, 2.05) is 42.1 Å². The van der Waals surface area contributed by atoms with Crippen molar-refractivity contribution in [3.63, 3.8) is 0 Å². The molecular formula is C13H15NO3. The molecule has 1 aromatic carbocycles. The number of benzene rings is 1. The molecule has 0 aliphatic rings. The fourth-order valence-electron chi connectivity index (χ4n) is 1.85. The van der Waals surface area contributed by atoms with Crippen molar-refractivity contribution in [2.75, 3.05) is 7.11 Å². The molecule has 1 N–H and O–H groups in total. The molecule has 1 unspecified atom stereocenters. The van der Waals surface area contributed by atoms with Crippen molar-refractivity contribution < 1.29 is 14.6 Å². The normalized spacial score (nSPS) is 12.6. The SMILES string of the molecule is COC(=O)CC(O)c1ccc2ccn(C)c2c1. The second-order valence-electron chi connectivity index (χ2n) is 4.04. The van der Waals surface area contributed by atoms with E-state index in [1.54, 1.807) is 0 Å². The van der Waals surface area contributed by atoms with Crippen LogP contribution in [0.1, 0.15) is 18.1 Å². The van der Waals surface area contributed by atoms with Gasteiger partial charge in [-0.1, -0.05) is 12.1 Å². The largest absolute Gasteiger partial charge is 0.469 e. The average Bonchev–Trinajstić information content (AvgIpc) is 2.70. The van der Waals surface area contributed by atoms with Gasteiger partial charge in [-0.15, -0.1) is 0 Å². The number of aliphatic hydroxyl groups is 1. The summed E-state index contributed by atoms with van der Waals surface area (Å²) >= 11 is 0. The van der Waals surface area contributed by atoms with Crippen molar-refractivity contribution in [3.8, 4) is 0 Å². The van der Waals surface area contributed by atoms with Gasteiger partial charge in [-0.05, 0) is 23.1 Å². The molecule has 0 aliphatic heterocycles. The molecule has 4 nitrogen and oxygen atoms in total. The van der Waals surface area contributed by atoms with Gasteiger partial charge < -0.3 is 14.4 Å². The highest BCUT2D eigenvalue weighted by molar-refractivity contribution is 5.81. The molecule has 17 heavy (non-hydrogen) atoms. The zero-order chi connectivity index (χ0) is 12.4. The Bertz CT molecular complexity index is 545. The van der Waals surface area contributed by atoms with E-state index < -0.39 is 12.1 Å². The van der Waals surface area contributed by atoms with E-state index in [-0.39, 0.29) is 6.42 Å². The van der Waals surface area contributed by atoms with Crippen LogP contribution in [0.4, 0.5) is 0 Å². The topological polar surface area (TPSA) is 51.5 Å². The Morgan fingerprint density at radius 1 is 1.47 bits per heavy atom. The van der Waals surface area contributed by atoms with Gasteiger partial charge in [0.25, 0.3) is 0 Å². The molecule has 0 fully saturated rings. The maximum Gasteiger partial charge on any atom is 0.308 e. The van der Waals surface area contributed by atoms with Crippen LogP contribution in [0.5, 0.6) is 0 Å². The molecule has 0 saturated heterocycles. The molecule has 1 heterocycles. The lowest BCUT2D eigenvalue weighted by molar-refractivity contribution is -0.142. The summed E-state index contributed by atoms with van der Waals surface area (Å²) < 4.78 is 6.51. The third kappa shape index (κ3) is 2.31. The molecule has 2 aromatic rings. The number of aromatic nitrogens is 1. The summed E-state index contributed by atoms with van der Waals surface area (Å²) in [4.78, 5) is 11.1. The van der Waals surface area contributed by atoms with Crippen LogP contribution in [-0.4, -0.2) is 22.8 Å². The van der Waals surface area contributed by atoms with Crippen LogP contribution in [0.25, 0.3) is 10.9 Å². The first-order valence-electron chi connectivity index (χ1n) is 5.41. The molecule has 0 amide bonds. The Kier molecular flexibility index (Phi) is 3.15. The Balaban J connectivity index is 2.29. The van der Waals surface area contributed by atoms with Gasteiger partial charge >= 0.3 is 5.97 Å². The van der Waals surface area contributed by atoms with Gasteiger partial charge in [-0.2, -0.15) is 0 Å². The van der Waals surface area contributed by atoms with Crippen molar-refractivity contribution in [1.29, 1.82) is 0 Å². The van der Waals surface area contributed by atoms with Gasteiger partial charge in [0.05, 0.1) is 19.6 Å². The number of carbonyl (C=O) groups excluding carboxylic acids is 1. The zero-order valence-corrected chi connectivity index (χ0v) is 9.88. The number of fused-ring (bicyclic) bond motifs is 1. The zero-order valence-electron chi connectivity index (χ0n) is 9.88. The highest BCUT2D eigenvalue weighted by atomic mass is 16.5. The first-order valence-corrected chi connectivity index (χ1v) is 5.41. The van der Waals surface area contributed by atoms with Gasteiger partial charge in [0.2, 0.25) is 0 Å². The van der Waals surface area contributed by atoms with Crippen LogP contribution in [0.15, 0.2) is 30.5 Å². The van der Waals surface area contributed by atoms with E-state index in [0.29, 0.717) is 0 Å². The third-order valence-corrected chi connectivity index (χ3v) is 2.88. The number of methoxy groups -OCH3 is 1. The number of hydrogen-bond acceptors (Lipinski definition) is 3. The van der Waals surface area contributed by atoms with Gasteiger partial charge in [-0.25, -0.2) is 0 Å². The minimum atomic E-state index is -0.818. The maximum absolute atomic E-state index is 11.1. The molecule has 0 radical (unpaired) electrons. The minimum absolute atomic E-state index is 0.0214. The fraction of sp³-hybridized carbons (Fsp3) is 0.308. The van der Waals surface area contributed by atoms with E-state index in [4.69, 9.17) is 0 Å². The molecule has 0 saturated carbocycles. The van der Waals surface area contributed by atoms with Gasteiger partial charge in [0.15, 0.2) is 0 Å². The van der Waals surface area contributed by atoms with E-state index in [0.717, 1.165) is 16.5 Å². The Hall–Kier alpha value is -1.81. The first-order chi connectivity index (χ1) is 8.11. The molecule has 0 bridgehead atoms. The molecule has 2 rings (SSSR count). The van der Waals surface area contributed by atoms with Gasteiger partial charge in [0, 0.05) is 18.8 Å². The Morgan fingerprint density at radius 3 is 2.94 bits per heavy atom. The summed E-state index contributed by atoms with van der Waals surface area (Å²) in [5, 5.41) is 11.0. The lowest BCUT2D eigenvalue weighted by atomic mass is 10.1. The minimum Gasteiger partial charge on any atom is -0.469 e. The summed E-state index contributed by atoms with van der Waals surface area (Å²) in [6, 6.07) is 7.66. The summed E-state index contributed by atoms with van der Waals surface area (Å²) in [7, 11) is 3.26. The Morgan fingerprint density at radius 2 is 2.24 bits per heavy atom. The van der Waals surface area contributed by atoms with Crippen LogP contribution < -0.4 is 0 Å². The standard InChI is InChI=1S/C13H15NO3/c1-14-6-5-9-3-4-10(7-11(9)14)12(15)8-13(16)17-2/h3-7,12,15H,8H2,1-2H3. The van der Waals surface area contributed by atoms with Crippen molar-refractivity contribution in [3.05, 3.63) is 36.0 Å². The summed E-state index contributed by atoms with van der Waals surface area (Å²) in [5.41, 5.74) is 1.76. The smallest absolute Gasteiger partial charge is 0.308 e. The average molecular weight is 233 g/mol. The van der Waals surface area contributed by atoms with Crippen LogP contribution in [0, 0.1) is 0 Å². The van der Waals surface area contributed by atoms with Crippen molar-refractivity contribution in [1.82, 2.24) is 4.57 Å². The number of hydrogen-bond donors (Lipinski definition) is 1. The van der Waals surface area contributed by atoms with Crippen molar-refractivity contribution >= 4 is 16.9 Å². The second-order valence-corrected chi connectivity index (χ2v) is 4.04. The molecular weight excluding hydrogens is 218 g/mol. The summed E-state index contributed by atoms with van der Waals surface area (Å²) in [5.74, 6) is -0.413. The molecule has 0 spiro atoms. The molecule has 4 heteroatoms. The highest BCUT2D eigenvalue weighted by Crippen LogP contribution is 2.23. The third-order valence-electron chi connectivity index (χ3n) is 2.88. The highest BCUT2D eigenvalue weighted by Gasteiger charge is 2.14. The van der Waals surface area contributed by atoms with Crippen molar-refractivity contribution in [2.24, 2.45) is 7.05 Å². The monoisotopic (exact) mass is 233 g/mol. The predicted molar refractivity (Wildman–Crippen MR) is 64.5 cm³/mol. The maximum atomic E-state index is 11.1. The second kappa shape index (κ2) is 4.59. The fourth-order valence-corrected chi connectivity index (χ4v) is 1.85. The first kappa shape index (κ1) is 11.7. The molecule has 90 valence electrons. The van der Waals surface area contributed by atoms with Crippen LogP contribution in [0.3, 0.4) is 0 Å². The quantitative estimate of drug-likeness (QED) is 0.822. The molecule has 1 atom stereocenters. The number of aryl methyl sites for hydroxylation is 1. The van der Waals surface area contributed by atoms with Gasteiger partial charge in [-0.3, -0.25) is 4.79 Å². The van der Waals surface area contributed by atoms with Crippen LogP contribution in [-0.2, 0) is 16.6 Å². The number of ether oxygens (including phenoxy) is 1. The summed E-state index contributed by atoms with van der Waals surface area (Å²) in [6.45, 7) is 0. The van der Waals surface area contributed by atoms with E-state index in [1.165, 1.54) is 7.11 Å². The van der Waals surface area contributed by atoms with Crippen molar-refractivity contribution in [2.45, 2.75) is 12.5 Å².